The number of pyridine rings is 1. The molecule has 0 aliphatic carbocycles. The first-order valence-corrected chi connectivity index (χ1v) is 7.23. The lowest BCUT2D eigenvalue weighted by molar-refractivity contribution is 0.621. The normalized spacial score (nSPS) is 12.2. The molecule has 0 bridgehead atoms. The summed E-state index contributed by atoms with van der Waals surface area (Å²) in [5.41, 5.74) is 9.77. The molecule has 2 rings (SSSR count). The molecule has 1 aromatic heterocycles. The average Bonchev–Trinajstić information content (AvgIpc) is 2.45. The van der Waals surface area contributed by atoms with E-state index in [2.05, 4.69) is 16.8 Å². The highest BCUT2D eigenvalue weighted by Crippen LogP contribution is 2.27. The number of hydrogen-bond donors (Lipinski definition) is 1. The van der Waals surface area contributed by atoms with Crippen molar-refractivity contribution in [1.29, 1.82) is 0 Å². The minimum atomic E-state index is -0.254. The van der Waals surface area contributed by atoms with Crippen molar-refractivity contribution in [3.63, 3.8) is 0 Å². The SMILES string of the molecule is CCN(Cc1cccc(C)n1)c1ccc(F)cc1[C@@H](C)N. The summed E-state index contributed by atoms with van der Waals surface area (Å²) in [6.45, 7) is 7.41. The van der Waals surface area contributed by atoms with E-state index < -0.39 is 0 Å². The molecule has 0 aliphatic heterocycles. The van der Waals surface area contributed by atoms with Crippen LogP contribution in [0.15, 0.2) is 36.4 Å². The van der Waals surface area contributed by atoms with Crippen LogP contribution >= 0.6 is 0 Å². The maximum absolute atomic E-state index is 13.5. The quantitative estimate of drug-likeness (QED) is 0.914. The number of aryl methyl sites for hydroxylation is 1. The molecule has 4 heteroatoms. The molecular formula is C17H22FN3. The van der Waals surface area contributed by atoms with Gasteiger partial charge in [-0.3, -0.25) is 4.98 Å². The van der Waals surface area contributed by atoms with Crippen molar-refractivity contribution in [2.45, 2.75) is 33.4 Å². The summed E-state index contributed by atoms with van der Waals surface area (Å²) < 4.78 is 13.5. The second-order valence-electron chi connectivity index (χ2n) is 5.28. The number of nitrogens with zero attached hydrogens (tertiary/aromatic N) is 2. The topological polar surface area (TPSA) is 42.2 Å². The van der Waals surface area contributed by atoms with Crippen LogP contribution < -0.4 is 10.6 Å². The van der Waals surface area contributed by atoms with Gasteiger partial charge in [0.2, 0.25) is 0 Å². The van der Waals surface area contributed by atoms with Gasteiger partial charge in [0, 0.05) is 24.0 Å². The van der Waals surface area contributed by atoms with Crippen LogP contribution in [0.4, 0.5) is 10.1 Å². The second kappa shape index (κ2) is 6.68. The van der Waals surface area contributed by atoms with Crippen molar-refractivity contribution in [2.75, 3.05) is 11.4 Å². The van der Waals surface area contributed by atoms with E-state index in [1.54, 1.807) is 6.07 Å². The average molecular weight is 287 g/mol. The van der Waals surface area contributed by atoms with Gasteiger partial charge in [0.05, 0.1) is 12.2 Å². The smallest absolute Gasteiger partial charge is 0.123 e. The molecule has 1 atom stereocenters. The molecule has 0 amide bonds. The van der Waals surface area contributed by atoms with Gasteiger partial charge in [-0.05, 0) is 56.7 Å². The van der Waals surface area contributed by atoms with E-state index in [0.29, 0.717) is 6.54 Å². The number of nitrogens with two attached hydrogens (primary N) is 1. The molecular weight excluding hydrogens is 265 g/mol. The molecule has 2 N–H and O–H groups in total. The Morgan fingerprint density at radius 1 is 1.29 bits per heavy atom. The van der Waals surface area contributed by atoms with Crippen molar-refractivity contribution < 1.29 is 4.39 Å². The van der Waals surface area contributed by atoms with Crippen molar-refractivity contribution in [3.8, 4) is 0 Å². The van der Waals surface area contributed by atoms with Gasteiger partial charge in [-0.1, -0.05) is 6.07 Å². The fraction of sp³-hybridized carbons (Fsp3) is 0.353. The Bertz CT molecular complexity index is 611. The number of halogens is 1. The van der Waals surface area contributed by atoms with Gasteiger partial charge in [0.25, 0.3) is 0 Å². The Morgan fingerprint density at radius 3 is 2.67 bits per heavy atom. The van der Waals surface area contributed by atoms with Gasteiger partial charge in [0.15, 0.2) is 0 Å². The van der Waals surface area contributed by atoms with Crippen molar-refractivity contribution in [3.05, 3.63) is 59.2 Å². The van der Waals surface area contributed by atoms with Crippen LogP contribution in [0.25, 0.3) is 0 Å². The third kappa shape index (κ3) is 3.79. The van der Waals surface area contributed by atoms with E-state index in [9.17, 15) is 4.39 Å². The third-order valence-electron chi connectivity index (χ3n) is 3.50. The van der Waals surface area contributed by atoms with Crippen molar-refractivity contribution >= 4 is 5.69 Å². The highest BCUT2D eigenvalue weighted by Gasteiger charge is 2.14. The van der Waals surface area contributed by atoms with Gasteiger partial charge < -0.3 is 10.6 Å². The van der Waals surface area contributed by atoms with Crippen LogP contribution in [0.1, 0.15) is 36.8 Å². The van der Waals surface area contributed by atoms with Crippen LogP contribution in [-0.4, -0.2) is 11.5 Å². The third-order valence-corrected chi connectivity index (χ3v) is 3.50. The predicted octanol–water partition coefficient (Wildman–Crippen LogP) is 3.58. The van der Waals surface area contributed by atoms with Gasteiger partial charge in [-0.2, -0.15) is 0 Å². The van der Waals surface area contributed by atoms with Gasteiger partial charge >= 0.3 is 0 Å². The number of hydrogen-bond acceptors (Lipinski definition) is 3. The van der Waals surface area contributed by atoms with Crippen LogP contribution in [-0.2, 0) is 6.54 Å². The van der Waals surface area contributed by atoms with E-state index in [1.807, 2.05) is 32.0 Å². The maximum atomic E-state index is 13.5. The maximum Gasteiger partial charge on any atom is 0.123 e. The zero-order chi connectivity index (χ0) is 15.4. The largest absolute Gasteiger partial charge is 0.366 e. The Morgan fingerprint density at radius 2 is 2.05 bits per heavy atom. The fourth-order valence-corrected chi connectivity index (χ4v) is 2.43. The summed E-state index contributed by atoms with van der Waals surface area (Å²) in [5, 5.41) is 0. The molecule has 0 saturated heterocycles. The highest BCUT2D eigenvalue weighted by atomic mass is 19.1. The first kappa shape index (κ1) is 15.4. The number of aromatic nitrogens is 1. The monoisotopic (exact) mass is 287 g/mol. The summed E-state index contributed by atoms with van der Waals surface area (Å²) in [7, 11) is 0. The fourth-order valence-electron chi connectivity index (χ4n) is 2.43. The van der Waals surface area contributed by atoms with E-state index in [-0.39, 0.29) is 11.9 Å². The minimum Gasteiger partial charge on any atom is -0.366 e. The number of rotatable bonds is 5. The Labute approximate surface area is 125 Å². The van der Waals surface area contributed by atoms with Gasteiger partial charge in [-0.25, -0.2) is 4.39 Å². The molecule has 1 heterocycles. The lowest BCUT2D eigenvalue weighted by atomic mass is 10.1. The van der Waals surface area contributed by atoms with Gasteiger partial charge in [0.1, 0.15) is 5.82 Å². The molecule has 0 unspecified atom stereocenters. The zero-order valence-electron chi connectivity index (χ0n) is 12.8. The summed E-state index contributed by atoms with van der Waals surface area (Å²) in [6, 6.07) is 10.6. The predicted molar refractivity (Wildman–Crippen MR) is 84.7 cm³/mol. The molecule has 0 saturated carbocycles. The standard InChI is InChI=1S/C17H22FN3/c1-4-21(11-15-7-5-6-12(2)20-15)17-9-8-14(18)10-16(17)13(3)19/h5-10,13H,4,11,19H2,1-3H3/t13-/m1/s1. The van der Waals surface area contributed by atoms with E-state index >= 15 is 0 Å². The van der Waals surface area contributed by atoms with Crippen molar-refractivity contribution in [1.82, 2.24) is 4.98 Å². The molecule has 112 valence electrons. The van der Waals surface area contributed by atoms with E-state index in [0.717, 1.165) is 29.2 Å². The Hall–Kier alpha value is -1.94. The molecule has 21 heavy (non-hydrogen) atoms. The first-order chi connectivity index (χ1) is 10.0. The molecule has 0 fully saturated rings. The molecule has 0 aliphatic rings. The van der Waals surface area contributed by atoms with Crippen LogP contribution in [0, 0.1) is 12.7 Å². The molecule has 3 nitrogen and oxygen atoms in total. The summed E-state index contributed by atoms with van der Waals surface area (Å²) >= 11 is 0. The summed E-state index contributed by atoms with van der Waals surface area (Å²) in [4.78, 5) is 6.70. The molecule has 2 aromatic rings. The van der Waals surface area contributed by atoms with E-state index in [4.69, 9.17) is 5.73 Å². The number of benzene rings is 1. The summed E-state index contributed by atoms with van der Waals surface area (Å²) in [6.07, 6.45) is 0. The summed E-state index contributed by atoms with van der Waals surface area (Å²) in [5.74, 6) is -0.254. The first-order valence-electron chi connectivity index (χ1n) is 7.23. The number of anilines is 1. The van der Waals surface area contributed by atoms with Gasteiger partial charge in [-0.15, -0.1) is 0 Å². The lowest BCUT2D eigenvalue weighted by Crippen LogP contribution is -2.25. The Kier molecular flexibility index (Phi) is 4.91. The Balaban J connectivity index is 2.33. The van der Waals surface area contributed by atoms with Crippen LogP contribution in [0.2, 0.25) is 0 Å². The van der Waals surface area contributed by atoms with Crippen LogP contribution in [0.5, 0.6) is 0 Å². The minimum absolute atomic E-state index is 0.213. The highest BCUT2D eigenvalue weighted by molar-refractivity contribution is 5.55. The van der Waals surface area contributed by atoms with E-state index in [1.165, 1.54) is 12.1 Å². The van der Waals surface area contributed by atoms with Crippen molar-refractivity contribution in [2.24, 2.45) is 5.73 Å². The van der Waals surface area contributed by atoms with Crippen LogP contribution in [0.3, 0.4) is 0 Å². The molecule has 0 spiro atoms. The second-order valence-corrected chi connectivity index (χ2v) is 5.28. The lowest BCUT2D eigenvalue weighted by Gasteiger charge is -2.27. The molecule has 0 radical (unpaired) electrons. The zero-order valence-corrected chi connectivity index (χ0v) is 12.8. The molecule has 1 aromatic carbocycles.